The smallest absolute Gasteiger partial charge is 0.407 e. The molecule has 2 aromatic heterocycles. The van der Waals surface area contributed by atoms with Gasteiger partial charge in [0.25, 0.3) is 5.56 Å². The van der Waals surface area contributed by atoms with Gasteiger partial charge >= 0.3 is 6.09 Å². The summed E-state index contributed by atoms with van der Waals surface area (Å²) in [5.41, 5.74) is -0.0632. The second kappa shape index (κ2) is 10.4. The highest BCUT2D eigenvalue weighted by Gasteiger charge is 2.30. The molecule has 1 aliphatic rings. The molecule has 1 fully saturated rings. The van der Waals surface area contributed by atoms with Gasteiger partial charge in [-0.3, -0.25) is 29.1 Å². The van der Waals surface area contributed by atoms with Crippen molar-refractivity contribution in [2.75, 3.05) is 5.32 Å². The number of amides is 4. The Morgan fingerprint density at radius 1 is 1.21 bits per heavy atom. The lowest BCUT2D eigenvalue weighted by atomic mass is 10.1. The highest BCUT2D eigenvalue weighted by molar-refractivity contribution is 6.01. The number of imide groups is 1. The fourth-order valence-electron chi connectivity index (χ4n) is 4.04. The zero-order valence-corrected chi connectivity index (χ0v) is 21.4. The topological polar surface area (TPSA) is 179 Å². The van der Waals surface area contributed by atoms with Crippen molar-refractivity contribution in [3.05, 3.63) is 46.3 Å². The molecule has 200 valence electrons. The van der Waals surface area contributed by atoms with E-state index >= 15 is 0 Å². The first kappa shape index (κ1) is 26.4. The molecular formula is C24H28N8O6. The van der Waals surface area contributed by atoms with E-state index in [-0.39, 0.29) is 48.6 Å². The van der Waals surface area contributed by atoms with Gasteiger partial charge in [-0.25, -0.2) is 14.5 Å². The molecule has 0 spiro atoms. The summed E-state index contributed by atoms with van der Waals surface area (Å²) in [4.78, 5) is 66.2. The van der Waals surface area contributed by atoms with E-state index in [1.54, 1.807) is 45.9 Å². The van der Waals surface area contributed by atoms with Crippen LogP contribution in [-0.4, -0.2) is 54.0 Å². The molecule has 1 unspecified atom stereocenters. The molecular weight excluding hydrogens is 496 g/mol. The average Bonchev–Trinajstić information content (AvgIpc) is 3.25. The number of para-hydroxylation sites is 1. The largest absolute Gasteiger partial charge is 0.444 e. The molecule has 3 heterocycles. The van der Waals surface area contributed by atoms with Crippen LogP contribution in [0.5, 0.6) is 0 Å². The maximum atomic E-state index is 13.3. The second-order valence-corrected chi connectivity index (χ2v) is 9.81. The van der Waals surface area contributed by atoms with Gasteiger partial charge in [-0.05, 0) is 46.2 Å². The van der Waals surface area contributed by atoms with Crippen molar-refractivity contribution in [2.45, 2.75) is 65.3 Å². The summed E-state index contributed by atoms with van der Waals surface area (Å²) in [6, 6.07) is 3.92. The minimum Gasteiger partial charge on any atom is -0.444 e. The van der Waals surface area contributed by atoms with Crippen molar-refractivity contribution in [3.63, 3.8) is 0 Å². The van der Waals surface area contributed by atoms with Crippen LogP contribution in [-0.2, 0) is 32.2 Å². The van der Waals surface area contributed by atoms with E-state index in [1.807, 2.05) is 0 Å². The van der Waals surface area contributed by atoms with E-state index < -0.39 is 35.1 Å². The molecule has 0 saturated carbocycles. The summed E-state index contributed by atoms with van der Waals surface area (Å²) in [6.45, 7) is 6.74. The molecule has 14 heteroatoms. The van der Waals surface area contributed by atoms with E-state index in [2.05, 4.69) is 31.2 Å². The number of nitrogens with one attached hydrogen (secondary N) is 3. The normalized spacial score (nSPS) is 15.7. The zero-order valence-electron chi connectivity index (χ0n) is 21.4. The highest BCUT2D eigenvalue weighted by Crippen LogP contribution is 2.23. The number of piperidine rings is 1. The van der Waals surface area contributed by atoms with E-state index in [9.17, 15) is 24.0 Å². The fourth-order valence-corrected chi connectivity index (χ4v) is 4.04. The Hall–Kier alpha value is -4.62. The van der Waals surface area contributed by atoms with Crippen molar-refractivity contribution in [1.82, 2.24) is 35.2 Å². The summed E-state index contributed by atoms with van der Waals surface area (Å²) < 4.78 is 7.75. The first-order chi connectivity index (χ1) is 17.9. The van der Waals surface area contributed by atoms with Crippen LogP contribution >= 0.6 is 0 Å². The average molecular weight is 525 g/mol. The second-order valence-electron chi connectivity index (χ2n) is 9.81. The van der Waals surface area contributed by atoms with Crippen molar-refractivity contribution in [3.8, 4) is 0 Å². The number of benzene rings is 1. The molecule has 38 heavy (non-hydrogen) atoms. The molecule has 1 saturated heterocycles. The lowest BCUT2D eigenvalue weighted by molar-refractivity contribution is -0.135. The van der Waals surface area contributed by atoms with Crippen LogP contribution in [0.3, 0.4) is 0 Å². The third-order valence-corrected chi connectivity index (χ3v) is 5.61. The minimum atomic E-state index is -0.846. The highest BCUT2D eigenvalue weighted by atomic mass is 16.6. The molecule has 3 N–H and O–H groups in total. The van der Waals surface area contributed by atoms with E-state index in [4.69, 9.17) is 4.74 Å². The van der Waals surface area contributed by atoms with Crippen molar-refractivity contribution >= 4 is 40.4 Å². The minimum absolute atomic E-state index is 0.0719. The maximum absolute atomic E-state index is 13.3. The van der Waals surface area contributed by atoms with Crippen molar-refractivity contribution in [2.24, 2.45) is 0 Å². The predicted octanol–water partition coefficient (Wildman–Crippen LogP) is 0.938. The summed E-state index contributed by atoms with van der Waals surface area (Å²) in [5.74, 6) is -1.10. The van der Waals surface area contributed by atoms with Crippen molar-refractivity contribution < 1.29 is 23.9 Å². The van der Waals surface area contributed by atoms with Crippen molar-refractivity contribution in [1.29, 1.82) is 0 Å². The molecule has 0 aliphatic carbocycles. The number of hydrogen-bond acceptors (Lipinski definition) is 9. The zero-order chi connectivity index (χ0) is 27.6. The maximum Gasteiger partial charge on any atom is 0.407 e. The van der Waals surface area contributed by atoms with Crippen LogP contribution in [0.1, 0.15) is 51.2 Å². The molecule has 0 radical (unpaired) electrons. The van der Waals surface area contributed by atoms with E-state index in [0.29, 0.717) is 11.4 Å². The first-order valence-electron chi connectivity index (χ1n) is 11.9. The number of alkyl carbamates (subject to hydrolysis) is 1. The molecule has 0 bridgehead atoms. The van der Waals surface area contributed by atoms with Crippen LogP contribution in [0.15, 0.2) is 29.2 Å². The van der Waals surface area contributed by atoms with Gasteiger partial charge < -0.3 is 15.4 Å². The van der Waals surface area contributed by atoms with Gasteiger partial charge in [0, 0.05) is 6.42 Å². The summed E-state index contributed by atoms with van der Waals surface area (Å²) >= 11 is 0. The SMILES string of the molecule is Cc1nc2c(NC(=O)Cn3cc(CNC(=O)OC(C)(C)C)nn3)cccc2c(=O)n1C1CCC(=O)NC1=O. The molecule has 1 aromatic carbocycles. The van der Waals surface area contributed by atoms with Crippen LogP contribution < -0.4 is 21.5 Å². The van der Waals surface area contributed by atoms with Crippen LogP contribution in [0.2, 0.25) is 0 Å². The molecule has 4 rings (SSSR count). The number of carbonyl (C=O) groups is 4. The summed E-state index contributed by atoms with van der Waals surface area (Å²) in [5, 5.41) is 15.6. The number of fused-ring (bicyclic) bond motifs is 1. The number of rotatable bonds is 6. The Morgan fingerprint density at radius 3 is 2.68 bits per heavy atom. The first-order valence-corrected chi connectivity index (χ1v) is 11.9. The summed E-state index contributed by atoms with van der Waals surface area (Å²) in [7, 11) is 0. The van der Waals surface area contributed by atoms with Gasteiger partial charge in [0.1, 0.15) is 35.2 Å². The van der Waals surface area contributed by atoms with Crippen LogP contribution in [0.25, 0.3) is 10.9 Å². The number of aryl methyl sites for hydroxylation is 1. The van der Waals surface area contributed by atoms with E-state index in [0.717, 1.165) is 0 Å². The third-order valence-electron chi connectivity index (χ3n) is 5.61. The fraction of sp³-hybridized carbons (Fsp3) is 0.417. The number of aromatic nitrogens is 5. The summed E-state index contributed by atoms with van der Waals surface area (Å²) in [6.07, 6.45) is 1.24. The predicted molar refractivity (Wildman–Crippen MR) is 134 cm³/mol. The lowest BCUT2D eigenvalue weighted by Gasteiger charge is -2.24. The van der Waals surface area contributed by atoms with Gasteiger partial charge in [-0.15, -0.1) is 5.10 Å². The number of ether oxygens (including phenoxy) is 1. The monoisotopic (exact) mass is 524 g/mol. The van der Waals surface area contributed by atoms with Gasteiger partial charge in [-0.2, -0.15) is 0 Å². The van der Waals surface area contributed by atoms with Gasteiger partial charge in [0.05, 0.1) is 23.8 Å². The standard InChI is InChI=1S/C24H28N8O6/c1-13-26-20-15(22(36)32(13)17-8-9-18(33)28-21(17)35)6-5-7-16(20)27-19(34)12-31-11-14(29-30-31)10-25-23(37)38-24(2,3)4/h5-7,11,17H,8-10,12H2,1-4H3,(H,25,37)(H,27,34)(H,28,33,35). The molecule has 1 aliphatic heterocycles. The van der Waals surface area contributed by atoms with Crippen LogP contribution in [0.4, 0.5) is 10.5 Å². The number of anilines is 1. The Bertz CT molecular complexity index is 1490. The lowest BCUT2D eigenvalue weighted by Crippen LogP contribution is -2.45. The van der Waals surface area contributed by atoms with Crippen LogP contribution in [0, 0.1) is 6.92 Å². The number of carbonyl (C=O) groups excluding carboxylic acids is 4. The molecule has 3 aromatic rings. The Labute approximate surface area is 216 Å². The Morgan fingerprint density at radius 2 is 1.97 bits per heavy atom. The van der Waals surface area contributed by atoms with Gasteiger partial charge in [-0.1, -0.05) is 11.3 Å². The Kier molecular flexibility index (Phi) is 7.23. The molecule has 14 nitrogen and oxygen atoms in total. The third kappa shape index (κ3) is 6.02. The molecule has 4 amide bonds. The molecule has 1 atom stereocenters. The number of nitrogens with zero attached hydrogens (tertiary/aromatic N) is 5. The van der Waals surface area contributed by atoms with Gasteiger partial charge in [0.15, 0.2) is 0 Å². The quantitative estimate of drug-likeness (QED) is 0.396. The number of hydrogen-bond donors (Lipinski definition) is 3. The van der Waals surface area contributed by atoms with Gasteiger partial charge in [0.2, 0.25) is 17.7 Å². The Balaban J connectivity index is 1.46. The van der Waals surface area contributed by atoms with E-state index in [1.165, 1.54) is 15.4 Å².